The van der Waals surface area contributed by atoms with Gasteiger partial charge in [-0.1, -0.05) is 18.2 Å². The SMILES string of the molecule is COc1cc(OC)c2cc(C(=O)Nc3ccccc3CC(=O)NC3C(=O)N4[C@@H]3SC(C)(C)[C@@H]4C(=O)O)c(=O)oc2c1. The molecule has 41 heavy (non-hydrogen) atoms. The third-order valence-electron chi connectivity index (χ3n) is 7.10. The highest BCUT2D eigenvalue weighted by molar-refractivity contribution is 8.01. The van der Waals surface area contributed by atoms with Crippen LogP contribution in [0.15, 0.2) is 51.7 Å². The maximum atomic E-state index is 13.1. The number of hydrogen-bond acceptors (Lipinski definition) is 9. The summed E-state index contributed by atoms with van der Waals surface area (Å²) in [5, 5.41) is 14.9. The summed E-state index contributed by atoms with van der Waals surface area (Å²) in [6.45, 7) is 3.51. The molecule has 13 heteroatoms. The molecule has 5 rings (SSSR count). The summed E-state index contributed by atoms with van der Waals surface area (Å²) in [6.07, 6.45) is -0.177. The molecule has 2 aliphatic heterocycles. The number of nitrogens with zero attached hydrogens (tertiary/aromatic N) is 1. The summed E-state index contributed by atoms with van der Waals surface area (Å²) < 4.78 is 15.2. The molecule has 2 aromatic carbocycles. The van der Waals surface area contributed by atoms with Gasteiger partial charge < -0.3 is 34.5 Å². The van der Waals surface area contributed by atoms with Crippen LogP contribution in [-0.4, -0.2) is 70.1 Å². The number of amides is 3. The number of carboxylic acids is 1. The van der Waals surface area contributed by atoms with E-state index in [0.717, 1.165) is 0 Å². The maximum absolute atomic E-state index is 13.1. The number of ether oxygens (including phenoxy) is 2. The van der Waals surface area contributed by atoms with Crippen LogP contribution in [0.3, 0.4) is 0 Å². The highest BCUT2D eigenvalue weighted by Gasteiger charge is 2.64. The quantitative estimate of drug-likeness (QED) is 0.265. The van der Waals surface area contributed by atoms with Gasteiger partial charge in [0.1, 0.15) is 40.1 Å². The van der Waals surface area contributed by atoms with Gasteiger partial charge in [-0.25, -0.2) is 9.59 Å². The molecule has 3 heterocycles. The molecule has 2 fully saturated rings. The van der Waals surface area contributed by atoms with E-state index in [4.69, 9.17) is 13.9 Å². The van der Waals surface area contributed by atoms with Crippen LogP contribution in [-0.2, 0) is 20.8 Å². The molecule has 3 aromatic rings. The lowest BCUT2D eigenvalue weighted by Gasteiger charge is -2.43. The summed E-state index contributed by atoms with van der Waals surface area (Å²) in [4.78, 5) is 64.5. The molecule has 1 unspecified atom stereocenters. The molecule has 0 aliphatic carbocycles. The van der Waals surface area contributed by atoms with Crippen LogP contribution in [0.4, 0.5) is 5.69 Å². The van der Waals surface area contributed by atoms with Crippen LogP contribution < -0.4 is 25.7 Å². The molecule has 12 nitrogen and oxygen atoms in total. The minimum absolute atomic E-state index is 0.177. The Morgan fingerprint density at radius 3 is 2.51 bits per heavy atom. The highest BCUT2D eigenvalue weighted by Crippen LogP contribution is 2.50. The summed E-state index contributed by atoms with van der Waals surface area (Å²) in [6, 6.07) is 9.19. The lowest BCUT2D eigenvalue weighted by atomic mass is 9.96. The van der Waals surface area contributed by atoms with E-state index < -0.39 is 51.5 Å². The van der Waals surface area contributed by atoms with Gasteiger partial charge in [-0.3, -0.25) is 14.4 Å². The van der Waals surface area contributed by atoms with Crippen LogP contribution in [0.1, 0.15) is 29.8 Å². The molecule has 1 aromatic heterocycles. The molecule has 3 atom stereocenters. The van der Waals surface area contributed by atoms with E-state index in [9.17, 15) is 29.1 Å². The third kappa shape index (κ3) is 4.97. The van der Waals surface area contributed by atoms with E-state index in [1.54, 1.807) is 44.2 Å². The van der Waals surface area contributed by atoms with Gasteiger partial charge in [0.25, 0.3) is 5.91 Å². The van der Waals surface area contributed by atoms with Crippen molar-refractivity contribution in [1.82, 2.24) is 10.2 Å². The number of carbonyl (C=O) groups excluding carboxylic acids is 3. The zero-order valence-electron chi connectivity index (χ0n) is 22.5. The van der Waals surface area contributed by atoms with Gasteiger partial charge in [-0.2, -0.15) is 0 Å². The van der Waals surface area contributed by atoms with Crippen molar-refractivity contribution in [3.8, 4) is 11.5 Å². The number of β-lactam (4-membered cyclic amide) rings is 1. The molecule has 3 N–H and O–H groups in total. The Labute approximate surface area is 238 Å². The summed E-state index contributed by atoms with van der Waals surface area (Å²) in [7, 11) is 2.89. The van der Waals surface area contributed by atoms with Crippen LogP contribution in [0.2, 0.25) is 0 Å². The lowest BCUT2D eigenvalue weighted by Crippen LogP contribution is -2.70. The van der Waals surface area contributed by atoms with Crippen LogP contribution in [0, 0.1) is 0 Å². The Bertz CT molecular complexity index is 1650. The number of thioether (sulfide) groups is 1. The molecule has 0 radical (unpaired) electrons. The summed E-state index contributed by atoms with van der Waals surface area (Å²) in [5.74, 6) is -2.02. The van der Waals surface area contributed by atoms with E-state index in [0.29, 0.717) is 22.4 Å². The first kappa shape index (κ1) is 28.0. The normalized spacial score (nSPS) is 20.6. The van der Waals surface area contributed by atoms with Crippen LogP contribution in [0.5, 0.6) is 11.5 Å². The number of fused-ring (bicyclic) bond motifs is 2. The van der Waals surface area contributed by atoms with E-state index in [2.05, 4.69) is 10.6 Å². The van der Waals surface area contributed by atoms with Gasteiger partial charge in [0.15, 0.2) is 0 Å². The molecule has 0 spiro atoms. The molecule has 0 saturated carbocycles. The van der Waals surface area contributed by atoms with Gasteiger partial charge in [-0.15, -0.1) is 11.8 Å². The topological polar surface area (TPSA) is 164 Å². The van der Waals surface area contributed by atoms with E-state index in [1.165, 1.54) is 43.0 Å². The van der Waals surface area contributed by atoms with Crippen molar-refractivity contribution in [3.63, 3.8) is 0 Å². The van der Waals surface area contributed by atoms with Crippen molar-refractivity contribution >= 4 is 52.1 Å². The number of hydrogen-bond donors (Lipinski definition) is 3. The minimum atomic E-state index is -1.09. The summed E-state index contributed by atoms with van der Waals surface area (Å²) >= 11 is 1.33. The van der Waals surface area contributed by atoms with Gasteiger partial charge in [-0.05, 0) is 31.5 Å². The molecular weight excluding hydrogens is 554 g/mol. The Kier molecular flexibility index (Phi) is 7.15. The van der Waals surface area contributed by atoms with Crippen molar-refractivity contribution in [2.75, 3.05) is 19.5 Å². The average molecular weight is 582 g/mol. The van der Waals surface area contributed by atoms with Crippen molar-refractivity contribution in [3.05, 3.63) is 64.0 Å². The lowest BCUT2D eigenvalue weighted by molar-refractivity contribution is -0.161. The molecule has 0 bridgehead atoms. The number of methoxy groups -OCH3 is 2. The predicted molar refractivity (Wildman–Crippen MR) is 149 cm³/mol. The third-order valence-corrected chi connectivity index (χ3v) is 8.67. The number of aliphatic carboxylic acids is 1. The van der Waals surface area contributed by atoms with Gasteiger partial charge in [0.05, 0.1) is 26.0 Å². The standard InChI is InChI=1S/C28H27N3O9S/c1-28(2)22(26(35)36)31-24(34)21(25(31)41-28)30-20(32)9-13-7-5-6-8-17(13)29-23(33)16-12-15-18(39-4)10-14(38-3)11-19(15)40-27(16)37/h5-8,10-12,21-22,25H,9H2,1-4H3,(H,29,33)(H,30,32)(H,35,36)/t21?,22-,25+/m0/s1. The number of para-hydroxylation sites is 1. The van der Waals surface area contributed by atoms with Gasteiger partial charge in [0.2, 0.25) is 11.8 Å². The van der Waals surface area contributed by atoms with Gasteiger partial charge >= 0.3 is 11.6 Å². The van der Waals surface area contributed by atoms with Crippen LogP contribution in [0.25, 0.3) is 11.0 Å². The fourth-order valence-electron chi connectivity index (χ4n) is 5.14. The van der Waals surface area contributed by atoms with Crippen molar-refractivity contribution in [1.29, 1.82) is 0 Å². The van der Waals surface area contributed by atoms with Gasteiger partial charge in [0, 0.05) is 22.6 Å². The van der Waals surface area contributed by atoms with Crippen molar-refractivity contribution in [2.24, 2.45) is 0 Å². The Morgan fingerprint density at radius 2 is 1.83 bits per heavy atom. The van der Waals surface area contributed by atoms with Crippen molar-refractivity contribution < 1.29 is 38.2 Å². The second kappa shape index (κ2) is 10.5. The molecule has 2 aliphatic rings. The second-order valence-electron chi connectivity index (χ2n) is 10.1. The first-order chi connectivity index (χ1) is 19.4. The molecular formula is C28H27N3O9S. The number of carboxylic acid groups (broad SMARTS) is 1. The average Bonchev–Trinajstić information content (AvgIpc) is 3.19. The second-order valence-corrected chi connectivity index (χ2v) is 11.9. The predicted octanol–water partition coefficient (Wildman–Crippen LogP) is 2.24. The molecule has 3 amide bonds. The highest BCUT2D eigenvalue weighted by atomic mass is 32.2. The first-order valence-corrected chi connectivity index (χ1v) is 13.4. The van der Waals surface area contributed by atoms with E-state index in [1.807, 2.05) is 0 Å². The number of carbonyl (C=O) groups is 4. The number of rotatable bonds is 8. The Balaban J connectivity index is 1.32. The first-order valence-electron chi connectivity index (χ1n) is 12.6. The fourth-order valence-corrected chi connectivity index (χ4v) is 6.76. The minimum Gasteiger partial charge on any atom is -0.496 e. The monoisotopic (exact) mass is 581 g/mol. The Hall–Kier alpha value is -4.52. The zero-order valence-corrected chi connectivity index (χ0v) is 23.4. The number of nitrogens with one attached hydrogen (secondary N) is 2. The zero-order chi connectivity index (χ0) is 29.6. The van der Waals surface area contributed by atoms with E-state index >= 15 is 0 Å². The number of benzene rings is 2. The molecule has 2 saturated heterocycles. The van der Waals surface area contributed by atoms with Crippen LogP contribution >= 0.6 is 11.8 Å². The van der Waals surface area contributed by atoms with Crippen molar-refractivity contribution in [2.45, 2.75) is 42.5 Å². The maximum Gasteiger partial charge on any atom is 0.349 e. The Morgan fingerprint density at radius 1 is 1.10 bits per heavy atom. The smallest absolute Gasteiger partial charge is 0.349 e. The summed E-state index contributed by atoms with van der Waals surface area (Å²) in [5.41, 5.74) is -0.225. The molecule has 214 valence electrons. The number of anilines is 1. The largest absolute Gasteiger partial charge is 0.496 e. The fraction of sp³-hybridized carbons (Fsp3) is 0.321. The van der Waals surface area contributed by atoms with E-state index in [-0.39, 0.29) is 23.3 Å².